The molecular weight excluding hydrogens is 474 g/mol. The van der Waals surface area contributed by atoms with Crippen molar-refractivity contribution in [3.05, 3.63) is 69.5 Å². The van der Waals surface area contributed by atoms with Crippen LogP contribution in [0, 0.1) is 0 Å². The molecule has 0 aliphatic rings. The van der Waals surface area contributed by atoms with E-state index in [0.29, 0.717) is 16.7 Å². The van der Waals surface area contributed by atoms with Gasteiger partial charge in [-0.3, -0.25) is 9.59 Å². The third kappa shape index (κ3) is 6.14. The Morgan fingerprint density at radius 2 is 2.00 bits per heavy atom. The van der Waals surface area contributed by atoms with E-state index in [2.05, 4.69) is 31.4 Å². The largest absolute Gasteiger partial charge is 0.469 e. The molecular formula is C21H19BrClN3O4. The lowest BCUT2D eigenvalue weighted by Crippen LogP contribution is -2.30. The van der Waals surface area contributed by atoms with Gasteiger partial charge >= 0.3 is 5.97 Å². The second kappa shape index (κ2) is 10.4. The molecule has 0 saturated carbocycles. The minimum atomic E-state index is -0.505. The minimum Gasteiger partial charge on any atom is -0.469 e. The third-order valence-electron chi connectivity index (χ3n) is 4.32. The Kier molecular flexibility index (Phi) is 7.59. The Bertz CT molecular complexity index is 1020. The number of amides is 1. The van der Waals surface area contributed by atoms with Crippen molar-refractivity contribution >= 4 is 39.4 Å². The fraction of sp³-hybridized carbons (Fsp3) is 0.238. The molecule has 0 aliphatic carbocycles. The summed E-state index contributed by atoms with van der Waals surface area (Å²) in [6, 6.07) is 14.0. The van der Waals surface area contributed by atoms with Crippen LogP contribution in [0.3, 0.4) is 0 Å². The molecule has 2 aromatic carbocycles. The number of esters is 1. The zero-order chi connectivity index (χ0) is 21.5. The van der Waals surface area contributed by atoms with Crippen molar-refractivity contribution in [3.63, 3.8) is 0 Å². The summed E-state index contributed by atoms with van der Waals surface area (Å²) in [5, 5.41) is 7.43. The zero-order valence-corrected chi connectivity index (χ0v) is 18.4. The normalized spacial score (nSPS) is 11.7. The fourth-order valence-corrected chi connectivity index (χ4v) is 3.33. The summed E-state index contributed by atoms with van der Waals surface area (Å²) in [6.07, 6.45) is 0.434. The molecule has 0 saturated heterocycles. The third-order valence-corrected chi connectivity index (χ3v) is 5.07. The summed E-state index contributed by atoms with van der Waals surface area (Å²) in [4.78, 5) is 28.6. The first-order valence-electron chi connectivity index (χ1n) is 9.15. The second-order valence-corrected chi connectivity index (χ2v) is 7.83. The molecule has 30 heavy (non-hydrogen) atoms. The number of carbonyl (C=O) groups is 2. The van der Waals surface area contributed by atoms with Gasteiger partial charge in [-0.25, -0.2) is 0 Å². The summed E-state index contributed by atoms with van der Waals surface area (Å²) in [7, 11) is 1.32. The van der Waals surface area contributed by atoms with E-state index in [1.165, 1.54) is 7.11 Å². The minimum absolute atomic E-state index is 0.0277. The molecule has 1 amide bonds. The van der Waals surface area contributed by atoms with Gasteiger partial charge in [0.2, 0.25) is 17.6 Å². The van der Waals surface area contributed by atoms with Gasteiger partial charge in [-0.05, 0) is 42.0 Å². The highest BCUT2D eigenvalue weighted by Crippen LogP contribution is 2.22. The van der Waals surface area contributed by atoms with Crippen molar-refractivity contribution in [1.29, 1.82) is 0 Å². The van der Waals surface area contributed by atoms with Gasteiger partial charge in [0.05, 0.1) is 19.6 Å². The molecule has 156 valence electrons. The van der Waals surface area contributed by atoms with Crippen molar-refractivity contribution in [1.82, 2.24) is 15.5 Å². The maximum Gasteiger partial charge on any atom is 0.307 e. The van der Waals surface area contributed by atoms with E-state index in [1.54, 1.807) is 24.3 Å². The Balaban J connectivity index is 1.61. The number of aromatic nitrogens is 2. The predicted octanol–water partition coefficient (Wildman–Crippen LogP) is 4.51. The van der Waals surface area contributed by atoms with Crippen LogP contribution in [0.4, 0.5) is 0 Å². The van der Waals surface area contributed by atoms with Gasteiger partial charge in [-0.2, -0.15) is 4.98 Å². The average Bonchev–Trinajstić information content (AvgIpc) is 3.21. The zero-order valence-electron chi connectivity index (χ0n) is 16.1. The van der Waals surface area contributed by atoms with Gasteiger partial charge in [0, 0.05) is 27.9 Å². The molecule has 3 aromatic rings. The number of benzene rings is 2. The van der Waals surface area contributed by atoms with Gasteiger partial charge in [0.1, 0.15) is 0 Å². The average molecular weight is 493 g/mol. The first kappa shape index (κ1) is 22.0. The van der Waals surface area contributed by atoms with Gasteiger partial charge in [-0.15, -0.1) is 0 Å². The summed E-state index contributed by atoms with van der Waals surface area (Å²) in [5.41, 5.74) is 1.57. The van der Waals surface area contributed by atoms with Crippen LogP contribution in [0.1, 0.15) is 30.3 Å². The molecule has 1 atom stereocenters. The number of methoxy groups -OCH3 is 1. The van der Waals surface area contributed by atoms with Crippen LogP contribution in [0.15, 0.2) is 57.5 Å². The Morgan fingerprint density at radius 3 is 2.70 bits per heavy atom. The monoisotopic (exact) mass is 491 g/mol. The highest BCUT2D eigenvalue weighted by molar-refractivity contribution is 9.10. The first-order chi connectivity index (χ1) is 14.4. The van der Waals surface area contributed by atoms with Crippen LogP contribution in [-0.2, 0) is 20.7 Å². The Labute approximate surface area is 186 Å². The number of ether oxygens (including phenoxy) is 1. The Morgan fingerprint density at radius 1 is 1.23 bits per heavy atom. The van der Waals surface area contributed by atoms with Crippen molar-refractivity contribution in [2.45, 2.75) is 25.3 Å². The number of nitrogens with zero attached hydrogens (tertiary/aromatic N) is 2. The highest BCUT2D eigenvalue weighted by atomic mass is 79.9. The molecule has 0 aliphatic heterocycles. The number of hydrogen-bond acceptors (Lipinski definition) is 6. The Hall–Kier alpha value is -2.71. The van der Waals surface area contributed by atoms with E-state index in [0.717, 1.165) is 15.6 Å². The quantitative estimate of drug-likeness (QED) is 0.465. The van der Waals surface area contributed by atoms with Crippen LogP contribution >= 0.6 is 27.5 Å². The molecule has 1 aromatic heterocycles. The molecule has 7 nitrogen and oxygen atoms in total. The molecule has 3 rings (SSSR count). The summed E-state index contributed by atoms with van der Waals surface area (Å²) < 4.78 is 10.8. The molecule has 0 radical (unpaired) electrons. The summed E-state index contributed by atoms with van der Waals surface area (Å²) >= 11 is 9.29. The van der Waals surface area contributed by atoms with E-state index in [1.807, 2.05) is 24.3 Å². The van der Waals surface area contributed by atoms with E-state index in [9.17, 15) is 9.59 Å². The number of carbonyl (C=O) groups excluding carboxylic acids is 2. The van der Waals surface area contributed by atoms with Gasteiger partial charge in [-0.1, -0.05) is 44.8 Å². The SMILES string of the molecule is COC(=O)CC(NC(=O)CCc1nc(-c2ccc(Cl)cc2)no1)c1cccc(Br)c1. The van der Waals surface area contributed by atoms with Gasteiger partial charge < -0.3 is 14.6 Å². The lowest BCUT2D eigenvalue weighted by Gasteiger charge is -2.18. The van der Waals surface area contributed by atoms with Crippen LogP contribution in [0.2, 0.25) is 5.02 Å². The maximum absolute atomic E-state index is 12.5. The van der Waals surface area contributed by atoms with Crippen LogP contribution in [0.25, 0.3) is 11.4 Å². The van der Waals surface area contributed by atoms with Gasteiger partial charge in [0.15, 0.2) is 0 Å². The van der Waals surface area contributed by atoms with Crippen LogP contribution in [-0.4, -0.2) is 29.1 Å². The highest BCUT2D eigenvalue weighted by Gasteiger charge is 2.20. The molecule has 1 N–H and O–H groups in total. The van der Waals surface area contributed by atoms with Crippen molar-refractivity contribution in [3.8, 4) is 11.4 Å². The smallest absolute Gasteiger partial charge is 0.307 e. The van der Waals surface area contributed by atoms with E-state index >= 15 is 0 Å². The predicted molar refractivity (Wildman–Crippen MR) is 115 cm³/mol. The van der Waals surface area contributed by atoms with Crippen LogP contribution < -0.4 is 5.32 Å². The topological polar surface area (TPSA) is 94.3 Å². The number of nitrogens with one attached hydrogen (secondary N) is 1. The summed E-state index contributed by atoms with van der Waals surface area (Å²) in [5.74, 6) is 0.127. The van der Waals surface area contributed by atoms with Crippen molar-refractivity contribution in [2.24, 2.45) is 0 Å². The van der Waals surface area contributed by atoms with E-state index < -0.39 is 12.0 Å². The number of rotatable bonds is 8. The molecule has 1 heterocycles. The van der Waals surface area contributed by atoms with Crippen molar-refractivity contribution in [2.75, 3.05) is 7.11 Å². The standard InChI is InChI=1S/C21H19BrClN3O4/c1-29-20(28)12-17(14-3-2-4-15(22)11-14)24-18(27)9-10-19-25-21(26-30-19)13-5-7-16(23)8-6-13/h2-8,11,17H,9-10,12H2,1H3,(H,24,27). The number of halogens is 2. The van der Waals surface area contributed by atoms with E-state index in [4.69, 9.17) is 20.9 Å². The molecule has 0 spiro atoms. The second-order valence-electron chi connectivity index (χ2n) is 6.47. The molecule has 9 heteroatoms. The lowest BCUT2D eigenvalue weighted by atomic mass is 10.0. The molecule has 1 unspecified atom stereocenters. The fourth-order valence-electron chi connectivity index (χ4n) is 2.79. The van der Waals surface area contributed by atoms with Gasteiger partial charge in [0.25, 0.3) is 0 Å². The summed E-state index contributed by atoms with van der Waals surface area (Å²) in [6.45, 7) is 0. The number of aryl methyl sites for hydroxylation is 1. The molecule has 0 fully saturated rings. The maximum atomic E-state index is 12.5. The van der Waals surface area contributed by atoms with Crippen molar-refractivity contribution < 1.29 is 18.8 Å². The van der Waals surface area contributed by atoms with Crippen LogP contribution in [0.5, 0.6) is 0 Å². The van der Waals surface area contributed by atoms with E-state index in [-0.39, 0.29) is 25.2 Å². The lowest BCUT2D eigenvalue weighted by molar-refractivity contribution is -0.141. The first-order valence-corrected chi connectivity index (χ1v) is 10.3. The number of hydrogen-bond donors (Lipinski definition) is 1. The molecule has 0 bridgehead atoms.